The normalized spacial score (nSPS) is 30.0. The van der Waals surface area contributed by atoms with Gasteiger partial charge in [0, 0.05) is 6.61 Å². The van der Waals surface area contributed by atoms with Crippen LogP contribution in [0.3, 0.4) is 0 Å². The largest absolute Gasteiger partial charge is 0.375 e. The van der Waals surface area contributed by atoms with E-state index in [0.717, 1.165) is 45.5 Å². The van der Waals surface area contributed by atoms with Crippen molar-refractivity contribution in [3.8, 4) is 0 Å². The van der Waals surface area contributed by atoms with Gasteiger partial charge < -0.3 is 15.8 Å². The van der Waals surface area contributed by atoms with E-state index in [-0.39, 0.29) is 5.60 Å². The van der Waals surface area contributed by atoms with E-state index in [1.54, 1.807) is 0 Å². The average Bonchev–Trinajstić information content (AvgIpc) is 2.32. The third-order valence-electron chi connectivity index (χ3n) is 2.79. The lowest BCUT2D eigenvalue weighted by molar-refractivity contribution is -0.0521. The summed E-state index contributed by atoms with van der Waals surface area (Å²) in [4.78, 5) is 0. The zero-order chi connectivity index (χ0) is 9.57. The van der Waals surface area contributed by atoms with Crippen molar-refractivity contribution in [2.45, 2.75) is 38.2 Å². The van der Waals surface area contributed by atoms with Gasteiger partial charge in [-0.1, -0.05) is 0 Å². The van der Waals surface area contributed by atoms with Crippen molar-refractivity contribution in [1.29, 1.82) is 0 Å². The molecule has 0 amide bonds. The Morgan fingerprint density at radius 1 is 1.38 bits per heavy atom. The molecule has 0 aromatic rings. The van der Waals surface area contributed by atoms with E-state index in [1.807, 2.05) is 0 Å². The number of hydrogen-bond donors (Lipinski definition) is 2. The SMILES string of the molecule is CCOC1(CCN)CCCNCC1. The minimum Gasteiger partial charge on any atom is -0.375 e. The van der Waals surface area contributed by atoms with Gasteiger partial charge in [-0.25, -0.2) is 0 Å². The lowest BCUT2D eigenvalue weighted by Crippen LogP contribution is -2.36. The molecule has 0 spiro atoms. The molecule has 0 aromatic heterocycles. The second-order valence-electron chi connectivity index (χ2n) is 3.76. The summed E-state index contributed by atoms with van der Waals surface area (Å²) in [5.74, 6) is 0. The monoisotopic (exact) mass is 186 g/mol. The molecule has 78 valence electrons. The van der Waals surface area contributed by atoms with Crippen LogP contribution in [0, 0.1) is 0 Å². The molecule has 0 aromatic carbocycles. The molecule has 1 saturated heterocycles. The Hall–Kier alpha value is -0.120. The van der Waals surface area contributed by atoms with Crippen LogP contribution in [-0.2, 0) is 4.74 Å². The first-order chi connectivity index (χ1) is 6.33. The predicted molar refractivity (Wildman–Crippen MR) is 54.7 cm³/mol. The van der Waals surface area contributed by atoms with Crippen molar-refractivity contribution in [1.82, 2.24) is 5.32 Å². The topological polar surface area (TPSA) is 47.3 Å². The van der Waals surface area contributed by atoms with Gasteiger partial charge in [0.15, 0.2) is 0 Å². The first kappa shape index (κ1) is 11.0. The Morgan fingerprint density at radius 2 is 2.23 bits per heavy atom. The second kappa shape index (κ2) is 5.58. The summed E-state index contributed by atoms with van der Waals surface area (Å²) in [6.07, 6.45) is 4.48. The summed E-state index contributed by atoms with van der Waals surface area (Å²) in [5, 5.41) is 3.40. The Balaban J connectivity index is 2.50. The van der Waals surface area contributed by atoms with Crippen molar-refractivity contribution in [2.75, 3.05) is 26.2 Å². The van der Waals surface area contributed by atoms with Gasteiger partial charge in [-0.05, 0) is 52.2 Å². The molecule has 1 aliphatic rings. The zero-order valence-corrected chi connectivity index (χ0v) is 8.64. The van der Waals surface area contributed by atoms with Crippen LogP contribution in [0.1, 0.15) is 32.6 Å². The van der Waals surface area contributed by atoms with Gasteiger partial charge in [-0.15, -0.1) is 0 Å². The van der Waals surface area contributed by atoms with Crippen molar-refractivity contribution in [2.24, 2.45) is 5.73 Å². The molecular weight excluding hydrogens is 164 g/mol. The number of nitrogens with two attached hydrogens (primary N) is 1. The fourth-order valence-electron chi connectivity index (χ4n) is 2.14. The maximum atomic E-state index is 5.87. The fourth-order valence-corrected chi connectivity index (χ4v) is 2.14. The minimum absolute atomic E-state index is 0.0764. The van der Waals surface area contributed by atoms with Crippen LogP contribution in [0.15, 0.2) is 0 Å². The first-order valence-corrected chi connectivity index (χ1v) is 5.38. The summed E-state index contributed by atoms with van der Waals surface area (Å²) in [5.41, 5.74) is 5.70. The van der Waals surface area contributed by atoms with Gasteiger partial charge in [-0.3, -0.25) is 0 Å². The molecule has 1 rings (SSSR count). The highest BCUT2D eigenvalue weighted by atomic mass is 16.5. The van der Waals surface area contributed by atoms with E-state index >= 15 is 0 Å². The molecule has 0 radical (unpaired) electrons. The van der Waals surface area contributed by atoms with Crippen LogP contribution in [-0.4, -0.2) is 31.8 Å². The lowest BCUT2D eigenvalue weighted by atomic mass is 9.91. The molecule has 3 nitrogen and oxygen atoms in total. The molecule has 13 heavy (non-hydrogen) atoms. The lowest BCUT2D eigenvalue weighted by Gasteiger charge is -2.32. The smallest absolute Gasteiger partial charge is 0.0707 e. The second-order valence-corrected chi connectivity index (χ2v) is 3.76. The van der Waals surface area contributed by atoms with Gasteiger partial charge in [0.05, 0.1) is 5.60 Å². The molecule has 0 aliphatic carbocycles. The Morgan fingerprint density at radius 3 is 2.92 bits per heavy atom. The van der Waals surface area contributed by atoms with Crippen molar-refractivity contribution in [3.63, 3.8) is 0 Å². The Labute approximate surface area is 81.0 Å². The third kappa shape index (κ3) is 3.25. The molecule has 0 bridgehead atoms. The molecule has 1 aliphatic heterocycles. The number of hydrogen-bond acceptors (Lipinski definition) is 3. The fraction of sp³-hybridized carbons (Fsp3) is 1.00. The number of ether oxygens (including phenoxy) is 1. The maximum Gasteiger partial charge on any atom is 0.0707 e. The highest BCUT2D eigenvalue weighted by Gasteiger charge is 2.30. The molecule has 0 saturated carbocycles. The van der Waals surface area contributed by atoms with Crippen LogP contribution in [0.5, 0.6) is 0 Å². The third-order valence-corrected chi connectivity index (χ3v) is 2.79. The van der Waals surface area contributed by atoms with E-state index in [4.69, 9.17) is 10.5 Å². The molecule has 1 unspecified atom stereocenters. The molecule has 3 N–H and O–H groups in total. The molecule has 1 heterocycles. The van der Waals surface area contributed by atoms with E-state index in [2.05, 4.69) is 12.2 Å². The highest BCUT2D eigenvalue weighted by molar-refractivity contribution is 4.84. The first-order valence-electron chi connectivity index (χ1n) is 5.38. The van der Waals surface area contributed by atoms with Crippen LogP contribution in [0.2, 0.25) is 0 Å². The Kier molecular flexibility index (Phi) is 4.70. The molecular formula is C10H22N2O. The van der Waals surface area contributed by atoms with Crippen LogP contribution >= 0.6 is 0 Å². The maximum absolute atomic E-state index is 5.87. The average molecular weight is 186 g/mol. The minimum atomic E-state index is 0.0764. The predicted octanol–water partition coefficient (Wildman–Crippen LogP) is 0.884. The summed E-state index contributed by atoms with van der Waals surface area (Å²) in [7, 11) is 0. The summed E-state index contributed by atoms with van der Waals surface area (Å²) in [6, 6.07) is 0. The van der Waals surface area contributed by atoms with E-state index in [0.29, 0.717) is 0 Å². The summed E-state index contributed by atoms with van der Waals surface area (Å²) >= 11 is 0. The quantitative estimate of drug-likeness (QED) is 0.685. The molecule has 1 fully saturated rings. The van der Waals surface area contributed by atoms with Gasteiger partial charge >= 0.3 is 0 Å². The van der Waals surface area contributed by atoms with E-state index in [9.17, 15) is 0 Å². The highest BCUT2D eigenvalue weighted by Crippen LogP contribution is 2.27. The standard InChI is InChI=1S/C10H22N2O/c1-2-13-10(5-7-11)4-3-8-12-9-6-10/h12H,2-9,11H2,1H3. The van der Waals surface area contributed by atoms with Gasteiger partial charge in [-0.2, -0.15) is 0 Å². The summed E-state index contributed by atoms with van der Waals surface area (Å²) in [6.45, 7) is 5.80. The van der Waals surface area contributed by atoms with Crippen molar-refractivity contribution >= 4 is 0 Å². The van der Waals surface area contributed by atoms with Crippen LogP contribution in [0.25, 0.3) is 0 Å². The van der Waals surface area contributed by atoms with E-state index < -0.39 is 0 Å². The van der Waals surface area contributed by atoms with Crippen molar-refractivity contribution in [3.05, 3.63) is 0 Å². The molecule has 3 heteroatoms. The molecule has 1 atom stereocenters. The number of rotatable bonds is 4. The Bertz CT molecular complexity index is 123. The van der Waals surface area contributed by atoms with Gasteiger partial charge in [0.1, 0.15) is 0 Å². The van der Waals surface area contributed by atoms with Crippen molar-refractivity contribution < 1.29 is 4.74 Å². The van der Waals surface area contributed by atoms with Crippen LogP contribution in [0.4, 0.5) is 0 Å². The summed E-state index contributed by atoms with van der Waals surface area (Å²) < 4.78 is 5.87. The number of nitrogens with one attached hydrogen (secondary N) is 1. The van der Waals surface area contributed by atoms with Crippen LogP contribution < -0.4 is 11.1 Å². The zero-order valence-electron chi connectivity index (χ0n) is 8.64. The van der Waals surface area contributed by atoms with E-state index in [1.165, 1.54) is 6.42 Å². The van der Waals surface area contributed by atoms with Gasteiger partial charge in [0.2, 0.25) is 0 Å². The van der Waals surface area contributed by atoms with Gasteiger partial charge in [0.25, 0.3) is 0 Å².